The van der Waals surface area contributed by atoms with E-state index in [1.807, 2.05) is 18.3 Å². The first-order valence-corrected chi connectivity index (χ1v) is 9.25. The largest absolute Gasteiger partial charge is 0.494 e. The first kappa shape index (κ1) is 18.0. The molecule has 2 N–H and O–H groups in total. The van der Waals surface area contributed by atoms with Gasteiger partial charge in [0.15, 0.2) is 0 Å². The van der Waals surface area contributed by atoms with E-state index in [1.54, 1.807) is 0 Å². The van der Waals surface area contributed by atoms with Crippen LogP contribution >= 0.6 is 11.3 Å². The number of ether oxygens (including phenoxy) is 1. The van der Waals surface area contributed by atoms with Gasteiger partial charge < -0.3 is 10.5 Å². The van der Waals surface area contributed by atoms with E-state index >= 15 is 0 Å². The molecule has 0 aliphatic heterocycles. The van der Waals surface area contributed by atoms with Gasteiger partial charge in [-0.05, 0) is 66.4 Å². The van der Waals surface area contributed by atoms with Crippen molar-refractivity contribution in [2.75, 3.05) is 13.2 Å². The van der Waals surface area contributed by atoms with E-state index in [4.69, 9.17) is 10.5 Å². The second kappa shape index (κ2) is 7.50. The maximum atomic E-state index is 6.14. The fraction of sp³-hybridized carbons (Fsp3) is 0.500. The van der Waals surface area contributed by atoms with Gasteiger partial charge in [0.25, 0.3) is 0 Å². The second-order valence-electron chi connectivity index (χ2n) is 7.10. The normalized spacial score (nSPS) is 13.1. The minimum Gasteiger partial charge on any atom is -0.494 e. The molecule has 0 amide bonds. The Hall–Kier alpha value is -1.32. The van der Waals surface area contributed by atoms with E-state index < -0.39 is 0 Å². The molecule has 2 nitrogen and oxygen atoms in total. The van der Waals surface area contributed by atoms with Crippen molar-refractivity contribution < 1.29 is 4.74 Å². The number of thiophene rings is 1. The Balaban J connectivity index is 2.41. The van der Waals surface area contributed by atoms with Crippen LogP contribution in [0.5, 0.6) is 5.75 Å². The molecule has 23 heavy (non-hydrogen) atoms. The van der Waals surface area contributed by atoms with Gasteiger partial charge in [-0.3, -0.25) is 0 Å². The summed E-state index contributed by atoms with van der Waals surface area (Å²) in [5.41, 5.74) is 10.2. The molecule has 1 aromatic carbocycles. The van der Waals surface area contributed by atoms with Crippen molar-refractivity contribution >= 4 is 11.3 Å². The quantitative estimate of drug-likeness (QED) is 0.805. The van der Waals surface area contributed by atoms with E-state index in [0.717, 1.165) is 12.2 Å². The van der Waals surface area contributed by atoms with Crippen molar-refractivity contribution in [3.05, 3.63) is 51.2 Å². The molecule has 3 heteroatoms. The lowest BCUT2D eigenvalue weighted by molar-refractivity contribution is 0.333. The van der Waals surface area contributed by atoms with Gasteiger partial charge in [-0.1, -0.05) is 32.9 Å². The first-order chi connectivity index (χ1) is 10.9. The lowest BCUT2D eigenvalue weighted by Crippen LogP contribution is -2.18. The van der Waals surface area contributed by atoms with Crippen LogP contribution in [0.15, 0.2) is 29.6 Å². The molecule has 2 aromatic rings. The topological polar surface area (TPSA) is 35.2 Å². The molecule has 0 radical (unpaired) electrons. The molecule has 0 bridgehead atoms. The third-order valence-electron chi connectivity index (χ3n) is 4.30. The first-order valence-electron chi connectivity index (χ1n) is 8.37. The number of benzene rings is 1. The van der Waals surface area contributed by atoms with Gasteiger partial charge >= 0.3 is 0 Å². The standard InChI is InChI=1S/C20H29NOS/c1-6-22-18-8-7-16(20(3,4)5)12-17(18)15(13-21)11-19-14(2)9-10-23-19/h7-10,12,15H,6,11,13,21H2,1-5H3. The highest BCUT2D eigenvalue weighted by molar-refractivity contribution is 7.10. The minimum atomic E-state index is 0.123. The van der Waals surface area contributed by atoms with Gasteiger partial charge in [0.1, 0.15) is 5.75 Å². The SMILES string of the molecule is CCOc1ccc(C(C)(C)C)cc1C(CN)Cc1sccc1C. The highest BCUT2D eigenvalue weighted by Crippen LogP contribution is 2.35. The molecule has 1 unspecified atom stereocenters. The van der Waals surface area contributed by atoms with Crippen molar-refractivity contribution in [1.29, 1.82) is 0 Å². The van der Waals surface area contributed by atoms with Crippen LogP contribution in [-0.2, 0) is 11.8 Å². The molecule has 0 aliphatic carbocycles. The summed E-state index contributed by atoms with van der Waals surface area (Å²) in [5.74, 6) is 1.27. The summed E-state index contributed by atoms with van der Waals surface area (Å²) >= 11 is 1.82. The zero-order valence-corrected chi connectivity index (χ0v) is 15.8. The molecule has 0 saturated heterocycles. The van der Waals surface area contributed by atoms with Crippen LogP contribution in [0.25, 0.3) is 0 Å². The maximum Gasteiger partial charge on any atom is 0.122 e. The number of rotatable bonds is 6. The van der Waals surface area contributed by atoms with E-state index in [1.165, 1.54) is 21.6 Å². The Labute approximate surface area is 144 Å². The average Bonchev–Trinajstić information content (AvgIpc) is 2.89. The summed E-state index contributed by atoms with van der Waals surface area (Å²) < 4.78 is 5.88. The fourth-order valence-electron chi connectivity index (χ4n) is 2.78. The van der Waals surface area contributed by atoms with Crippen molar-refractivity contribution in [2.45, 2.75) is 52.4 Å². The molecule has 1 aromatic heterocycles. The minimum absolute atomic E-state index is 0.123. The van der Waals surface area contributed by atoms with E-state index in [9.17, 15) is 0 Å². The van der Waals surface area contributed by atoms with Crippen molar-refractivity contribution in [3.63, 3.8) is 0 Å². The molecule has 0 fully saturated rings. The van der Waals surface area contributed by atoms with Crippen molar-refractivity contribution in [3.8, 4) is 5.75 Å². The molecule has 0 spiro atoms. The van der Waals surface area contributed by atoms with Crippen LogP contribution < -0.4 is 10.5 Å². The lowest BCUT2D eigenvalue weighted by atomic mass is 9.83. The molecule has 0 saturated carbocycles. The average molecular weight is 332 g/mol. The van der Waals surface area contributed by atoms with Crippen LogP contribution in [0, 0.1) is 6.92 Å². The third-order valence-corrected chi connectivity index (χ3v) is 5.35. The lowest BCUT2D eigenvalue weighted by Gasteiger charge is -2.24. The van der Waals surface area contributed by atoms with E-state index in [-0.39, 0.29) is 11.3 Å². The summed E-state index contributed by atoms with van der Waals surface area (Å²) in [4.78, 5) is 1.42. The van der Waals surface area contributed by atoms with Crippen LogP contribution in [0.3, 0.4) is 0 Å². The third kappa shape index (κ3) is 4.36. The van der Waals surface area contributed by atoms with E-state index in [2.05, 4.69) is 57.3 Å². The van der Waals surface area contributed by atoms with Crippen LogP contribution in [-0.4, -0.2) is 13.2 Å². The Bertz CT molecular complexity index is 639. The van der Waals surface area contributed by atoms with Gasteiger partial charge in [0, 0.05) is 10.8 Å². The monoisotopic (exact) mass is 331 g/mol. The second-order valence-corrected chi connectivity index (χ2v) is 8.10. The summed E-state index contributed by atoms with van der Waals surface area (Å²) in [6.07, 6.45) is 0.980. The smallest absolute Gasteiger partial charge is 0.122 e. The van der Waals surface area contributed by atoms with Gasteiger partial charge in [-0.25, -0.2) is 0 Å². The predicted molar refractivity (Wildman–Crippen MR) is 101 cm³/mol. The van der Waals surface area contributed by atoms with Crippen molar-refractivity contribution in [2.24, 2.45) is 5.73 Å². The van der Waals surface area contributed by atoms with E-state index in [0.29, 0.717) is 13.2 Å². The fourth-order valence-corrected chi connectivity index (χ4v) is 3.77. The highest BCUT2D eigenvalue weighted by atomic mass is 32.1. The maximum absolute atomic E-state index is 6.14. The molecule has 1 heterocycles. The zero-order valence-electron chi connectivity index (χ0n) is 15.0. The summed E-state index contributed by atoms with van der Waals surface area (Å²) in [6, 6.07) is 8.77. The number of aryl methyl sites for hydroxylation is 1. The Morgan fingerprint density at radius 3 is 2.48 bits per heavy atom. The molecular formula is C20H29NOS. The summed E-state index contributed by atoms with van der Waals surface area (Å²) in [7, 11) is 0. The zero-order chi connectivity index (χ0) is 17.0. The Morgan fingerprint density at radius 2 is 1.96 bits per heavy atom. The van der Waals surface area contributed by atoms with Crippen LogP contribution in [0.1, 0.15) is 55.2 Å². The summed E-state index contributed by atoms with van der Waals surface area (Å²) in [6.45, 7) is 12.2. The molecule has 2 rings (SSSR count). The van der Waals surface area contributed by atoms with Crippen LogP contribution in [0.2, 0.25) is 0 Å². The molecule has 0 aliphatic rings. The number of hydrogen-bond acceptors (Lipinski definition) is 3. The molecule has 1 atom stereocenters. The van der Waals surface area contributed by atoms with Gasteiger partial charge in [-0.15, -0.1) is 11.3 Å². The van der Waals surface area contributed by atoms with Gasteiger partial charge in [-0.2, -0.15) is 0 Å². The molecular weight excluding hydrogens is 302 g/mol. The van der Waals surface area contributed by atoms with Crippen molar-refractivity contribution in [1.82, 2.24) is 0 Å². The van der Waals surface area contributed by atoms with Crippen LogP contribution in [0.4, 0.5) is 0 Å². The van der Waals surface area contributed by atoms with Gasteiger partial charge in [0.2, 0.25) is 0 Å². The molecule has 126 valence electrons. The summed E-state index contributed by atoms with van der Waals surface area (Å²) in [5, 5.41) is 2.16. The highest BCUT2D eigenvalue weighted by Gasteiger charge is 2.21. The predicted octanol–water partition coefficient (Wildman–Crippen LogP) is 5.04. The Morgan fingerprint density at radius 1 is 1.22 bits per heavy atom. The number of nitrogens with two attached hydrogens (primary N) is 1. The number of hydrogen-bond donors (Lipinski definition) is 1. The Kier molecular flexibility index (Phi) is 5.88. The van der Waals surface area contributed by atoms with Gasteiger partial charge in [0.05, 0.1) is 6.61 Å².